The van der Waals surface area contributed by atoms with E-state index in [0.717, 1.165) is 4.99 Å². The van der Waals surface area contributed by atoms with Crippen LogP contribution in [0.1, 0.15) is 6.92 Å². The van der Waals surface area contributed by atoms with E-state index in [2.05, 4.69) is 68.6 Å². The predicted octanol–water partition coefficient (Wildman–Crippen LogP) is 4.00. The maximum atomic E-state index is 4.87. The van der Waals surface area contributed by atoms with Crippen LogP contribution in [-0.4, -0.2) is 29.7 Å². The van der Waals surface area contributed by atoms with Crippen molar-refractivity contribution >= 4 is 41.9 Å². The molecule has 0 atom stereocenters. The van der Waals surface area contributed by atoms with E-state index < -0.39 is 24.7 Å². The predicted molar refractivity (Wildman–Crippen MR) is 94.6 cm³/mol. The lowest BCUT2D eigenvalue weighted by Crippen LogP contribution is -2.55. The maximum absolute atomic E-state index is 4.87. The summed E-state index contributed by atoms with van der Waals surface area (Å²) in [5.41, 5.74) is 0. The molecule has 2 nitrogen and oxygen atoms in total. The molecule has 0 rings (SSSR count). The van der Waals surface area contributed by atoms with Crippen LogP contribution in [-0.2, 0) is 0 Å². The van der Waals surface area contributed by atoms with E-state index >= 15 is 0 Å². The smallest absolute Gasteiger partial charge is 0.144 e. The van der Waals surface area contributed by atoms with Crippen molar-refractivity contribution in [2.45, 2.75) is 65.8 Å². The third kappa shape index (κ3) is 26.2. The molecule has 0 saturated heterocycles. The first-order valence-electron chi connectivity index (χ1n) is 6.20. The zero-order valence-electron chi connectivity index (χ0n) is 13.4. The molecule has 0 aromatic rings. The summed E-state index contributed by atoms with van der Waals surface area (Å²) in [6.07, 6.45) is 0. The Balaban J connectivity index is 0. The van der Waals surface area contributed by atoms with Gasteiger partial charge in [-0.1, -0.05) is 71.1 Å². The second kappa shape index (κ2) is 7.18. The van der Waals surface area contributed by atoms with Crippen molar-refractivity contribution in [1.82, 2.24) is 9.63 Å². The fraction of sp³-hybridized carbons (Fsp3) is 0.909. The van der Waals surface area contributed by atoms with Crippen LogP contribution in [0.15, 0.2) is 0 Å². The van der Waals surface area contributed by atoms with Crippen molar-refractivity contribution in [3.8, 4) is 0 Å². The third-order valence-electron chi connectivity index (χ3n) is 1.30. The van der Waals surface area contributed by atoms with E-state index in [1.807, 2.05) is 6.92 Å². The molecule has 0 unspecified atom stereocenters. The summed E-state index contributed by atoms with van der Waals surface area (Å²) in [5, 5.41) is 0. The highest BCUT2D eigenvalue weighted by Gasteiger charge is 2.22. The SMILES string of the molecule is CC(=S)N[Si](C)(C)C.C[Si](C)(C)N[Si](C)(C)C. The van der Waals surface area contributed by atoms with Crippen LogP contribution in [0.4, 0.5) is 0 Å². The van der Waals surface area contributed by atoms with Gasteiger partial charge in [0.2, 0.25) is 0 Å². The van der Waals surface area contributed by atoms with Crippen molar-refractivity contribution < 1.29 is 0 Å². The van der Waals surface area contributed by atoms with Crippen molar-refractivity contribution in [1.29, 1.82) is 0 Å². The summed E-state index contributed by atoms with van der Waals surface area (Å²) in [6.45, 7) is 22.7. The van der Waals surface area contributed by atoms with Gasteiger partial charge < -0.3 is 9.63 Å². The number of rotatable bonds is 3. The Bertz CT molecular complexity index is 225. The summed E-state index contributed by atoms with van der Waals surface area (Å²) >= 11 is 4.87. The van der Waals surface area contributed by atoms with Crippen LogP contribution < -0.4 is 9.63 Å². The summed E-state index contributed by atoms with van der Waals surface area (Å²) in [5.74, 6) is 0. The van der Waals surface area contributed by atoms with E-state index in [-0.39, 0.29) is 0 Å². The van der Waals surface area contributed by atoms with Gasteiger partial charge in [-0.2, -0.15) is 0 Å². The second-order valence-electron chi connectivity index (χ2n) is 7.56. The zero-order valence-corrected chi connectivity index (χ0v) is 17.2. The van der Waals surface area contributed by atoms with E-state index in [1.165, 1.54) is 0 Å². The highest BCUT2D eigenvalue weighted by atomic mass is 32.1. The molecular formula is C11H32N2SSi3. The molecule has 2 N–H and O–H groups in total. The van der Waals surface area contributed by atoms with Crippen LogP contribution in [0, 0.1) is 0 Å². The largest absolute Gasteiger partial charge is 0.406 e. The van der Waals surface area contributed by atoms with Gasteiger partial charge in [0.05, 0.1) is 4.99 Å². The Labute approximate surface area is 117 Å². The first-order valence-corrected chi connectivity index (χ1v) is 17.1. The molecular weight excluding hydrogens is 276 g/mol. The highest BCUT2D eigenvalue weighted by Crippen LogP contribution is 2.02. The Morgan fingerprint density at radius 3 is 1.00 bits per heavy atom. The summed E-state index contributed by atoms with van der Waals surface area (Å²) in [6, 6.07) is 0. The molecule has 0 amide bonds. The summed E-state index contributed by atoms with van der Waals surface area (Å²) in [7, 11) is -3.07. The molecule has 0 bridgehead atoms. The van der Waals surface area contributed by atoms with E-state index in [9.17, 15) is 0 Å². The van der Waals surface area contributed by atoms with Gasteiger partial charge >= 0.3 is 0 Å². The Kier molecular flexibility index (Phi) is 8.37. The molecule has 17 heavy (non-hydrogen) atoms. The number of hydrogen-bond acceptors (Lipinski definition) is 2. The fourth-order valence-corrected chi connectivity index (χ4v) is 12.6. The van der Waals surface area contributed by atoms with Gasteiger partial charge in [0.1, 0.15) is 24.7 Å². The molecule has 0 aliphatic rings. The molecule has 0 heterocycles. The molecule has 0 aromatic heterocycles. The molecule has 0 fully saturated rings. The van der Waals surface area contributed by atoms with Crippen LogP contribution in [0.25, 0.3) is 0 Å². The summed E-state index contributed by atoms with van der Waals surface area (Å²) in [4.78, 5) is 4.17. The van der Waals surface area contributed by atoms with Crippen LogP contribution >= 0.6 is 12.2 Å². The highest BCUT2D eigenvalue weighted by molar-refractivity contribution is 7.80. The van der Waals surface area contributed by atoms with E-state index in [1.54, 1.807) is 0 Å². The van der Waals surface area contributed by atoms with Gasteiger partial charge in [0.15, 0.2) is 0 Å². The zero-order chi connectivity index (χ0) is 14.5. The van der Waals surface area contributed by atoms with Crippen molar-refractivity contribution in [3.05, 3.63) is 0 Å². The normalized spacial score (nSPS) is 12.6. The van der Waals surface area contributed by atoms with Crippen LogP contribution in [0.5, 0.6) is 0 Å². The Hall–Kier alpha value is 0.501. The molecule has 0 saturated carbocycles. The number of hydrogen-bond donors (Lipinski definition) is 2. The average molecular weight is 309 g/mol. The lowest BCUT2D eigenvalue weighted by Gasteiger charge is -2.28. The van der Waals surface area contributed by atoms with E-state index in [0.29, 0.717) is 0 Å². The van der Waals surface area contributed by atoms with E-state index in [4.69, 9.17) is 12.2 Å². The minimum Gasteiger partial charge on any atom is -0.406 e. The molecule has 0 aromatic carbocycles. The van der Waals surface area contributed by atoms with Gasteiger partial charge in [0, 0.05) is 0 Å². The summed E-state index contributed by atoms with van der Waals surface area (Å²) < 4.78 is 3.74. The number of thiocarbonyl (C=S) groups is 1. The van der Waals surface area contributed by atoms with Gasteiger partial charge in [-0.15, -0.1) is 0 Å². The standard InChI is InChI=1S/C6H19NSi2.C5H13NSSi/c1-8(2,3)7-9(4,5)6;1-5(7)6-8(2,3)4/h7H,1-6H3;1-4H3,(H,6,7). The Morgan fingerprint density at radius 2 is 1.00 bits per heavy atom. The van der Waals surface area contributed by atoms with Gasteiger partial charge in [0.25, 0.3) is 0 Å². The van der Waals surface area contributed by atoms with Crippen molar-refractivity contribution in [2.75, 3.05) is 0 Å². The fourth-order valence-electron chi connectivity index (χ4n) is 1.65. The van der Waals surface area contributed by atoms with Gasteiger partial charge in [-0.05, 0) is 6.92 Å². The third-order valence-corrected chi connectivity index (χ3v) is 8.71. The molecule has 0 aliphatic carbocycles. The molecule has 6 heteroatoms. The first kappa shape index (κ1) is 19.8. The number of nitrogens with one attached hydrogen (secondary N) is 2. The minimum atomic E-state index is -1.11. The first-order chi connectivity index (χ1) is 7.12. The minimum absolute atomic E-state index is 0.921. The lowest BCUT2D eigenvalue weighted by atomic mass is 10.8. The lowest BCUT2D eigenvalue weighted by molar-refractivity contribution is 1.30. The second-order valence-corrected chi connectivity index (χ2v) is 22.9. The molecule has 0 radical (unpaired) electrons. The molecule has 104 valence electrons. The van der Waals surface area contributed by atoms with Crippen molar-refractivity contribution in [2.24, 2.45) is 0 Å². The van der Waals surface area contributed by atoms with Crippen molar-refractivity contribution in [3.63, 3.8) is 0 Å². The van der Waals surface area contributed by atoms with Crippen LogP contribution in [0.2, 0.25) is 58.9 Å². The average Bonchev–Trinajstić information content (AvgIpc) is 1.68. The quantitative estimate of drug-likeness (QED) is 0.608. The topological polar surface area (TPSA) is 24.1 Å². The Morgan fingerprint density at radius 1 is 0.706 bits per heavy atom. The molecule has 0 spiro atoms. The van der Waals surface area contributed by atoms with Gasteiger partial charge in [-0.25, -0.2) is 0 Å². The maximum Gasteiger partial charge on any atom is 0.144 e. The molecule has 0 aliphatic heterocycles. The van der Waals surface area contributed by atoms with Crippen LogP contribution in [0.3, 0.4) is 0 Å². The monoisotopic (exact) mass is 308 g/mol. The van der Waals surface area contributed by atoms with Gasteiger partial charge in [-0.3, -0.25) is 0 Å².